The van der Waals surface area contributed by atoms with Gasteiger partial charge in [-0.05, 0) is 18.2 Å². The van der Waals surface area contributed by atoms with E-state index in [-0.39, 0.29) is 5.91 Å². The Balaban J connectivity index is 1.76. The number of carbonyl (C=O) groups is 1. The normalized spacial score (nSPS) is 10.2. The molecule has 0 aliphatic heterocycles. The van der Waals surface area contributed by atoms with Gasteiger partial charge in [-0.25, -0.2) is 9.97 Å². The smallest absolute Gasteiger partial charge is 0.267 e. The molecule has 110 valence electrons. The number of aromatic nitrogens is 2. The highest BCUT2D eigenvalue weighted by molar-refractivity contribution is 7.17. The van der Waals surface area contributed by atoms with E-state index < -0.39 is 0 Å². The Bertz CT molecular complexity index is 770. The van der Waals surface area contributed by atoms with Crippen LogP contribution >= 0.6 is 11.3 Å². The molecule has 3 rings (SSSR count). The van der Waals surface area contributed by atoms with Crippen LogP contribution in [0.5, 0.6) is 5.88 Å². The standard InChI is InChI=1S/C16H13N3O2S/c1-21-14-8-7-11(9-17-14)16-18-10-13(22-16)15(20)19-12-5-3-2-4-6-12/h2-10H,1H3,(H,19,20). The van der Waals surface area contributed by atoms with Gasteiger partial charge in [0.25, 0.3) is 5.91 Å². The molecule has 1 amide bonds. The molecule has 3 aromatic rings. The number of para-hydroxylation sites is 1. The van der Waals surface area contributed by atoms with Gasteiger partial charge in [0, 0.05) is 23.5 Å². The number of rotatable bonds is 4. The SMILES string of the molecule is COc1ccc(-c2ncc(C(=O)Nc3ccccc3)s2)cn1. The predicted molar refractivity (Wildman–Crippen MR) is 86.3 cm³/mol. The lowest BCUT2D eigenvalue weighted by molar-refractivity contribution is 0.103. The molecule has 0 atom stereocenters. The van der Waals surface area contributed by atoms with Crippen molar-refractivity contribution in [2.45, 2.75) is 0 Å². The molecular weight excluding hydrogens is 298 g/mol. The van der Waals surface area contributed by atoms with Crippen LogP contribution in [0.1, 0.15) is 9.67 Å². The number of pyridine rings is 1. The van der Waals surface area contributed by atoms with E-state index in [1.54, 1.807) is 25.6 Å². The number of methoxy groups -OCH3 is 1. The fourth-order valence-electron chi connectivity index (χ4n) is 1.85. The number of hydrogen-bond acceptors (Lipinski definition) is 5. The Hall–Kier alpha value is -2.73. The molecule has 1 aromatic carbocycles. The number of nitrogens with one attached hydrogen (secondary N) is 1. The summed E-state index contributed by atoms with van der Waals surface area (Å²) in [6.45, 7) is 0. The van der Waals surface area contributed by atoms with Crippen molar-refractivity contribution in [1.29, 1.82) is 0 Å². The highest BCUT2D eigenvalue weighted by atomic mass is 32.1. The molecule has 0 saturated carbocycles. The molecule has 0 bridgehead atoms. The van der Waals surface area contributed by atoms with Crippen LogP contribution in [0.3, 0.4) is 0 Å². The lowest BCUT2D eigenvalue weighted by Gasteiger charge is -2.01. The first-order valence-electron chi connectivity index (χ1n) is 6.59. The maximum atomic E-state index is 12.2. The molecular formula is C16H13N3O2S. The van der Waals surface area contributed by atoms with Gasteiger partial charge >= 0.3 is 0 Å². The van der Waals surface area contributed by atoms with Gasteiger partial charge in [0.05, 0.1) is 13.3 Å². The van der Waals surface area contributed by atoms with E-state index in [4.69, 9.17) is 4.74 Å². The summed E-state index contributed by atoms with van der Waals surface area (Å²) in [5.41, 5.74) is 1.61. The second-order valence-electron chi connectivity index (χ2n) is 4.44. The zero-order valence-corrected chi connectivity index (χ0v) is 12.6. The summed E-state index contributed by atoms with van der Waals surface area (Å²) < 4.78 is 5.02. The molecule has 2 heterocycles. The topological polar surface area (TPSA) is 64.1 Å². The Morgan fingerprint density at radius 3 is 2.59 bits per heavy atom. The lowest BCUT2D eigenvalue weighted by atomic mass is 10.3. The van der Waals surface area contributed by atoms with Crippen LogP contribution in [0, 0.1) is 0 Å². The van der Waals surface area contributed by atoms with Crippen LogP contribution in [-0.4, -0.2) is 23.0 Å². The van der Waals surface area contributed by atoms with Gasteiger partial charge < -0.3 is 10.1 Å². The minimum Gasteiger partial charge on any atom is -0.481 e. The molecule has 0 aliphatic rings. The third-order valence-corrected chi connectivity index (χ3v) is 4.00. The van der Waals surface area contributed by atoms with Crippen LogP contribution < -0.4 is 10.1 Å². The minimum atomic E-state index is -0.170. The Morgan fingerprint density at radius 1 is 1.09 bits per heavy atom. The summed E-state index contributed by atoms with van der Waals surface area (Å²) in [4.78, 5) is 21.2. The van der Waals surface area contributed by atoms with Crippen LogP contribution in [0.4, 0.5) is 5.69 Å². The highest BCUT2D eigenvalue weighted by Gasteiger charge is 2.12. The van der Waals surface area contributed by atoms with E-state index in [0.29, 0.717) is 10.8 Å². The number of anilines is 1. The van der Waals surface area contributed by atoms with E-state index in [1.807, 2.05) is 36.4 Å². The molecule has 2 aromatic heterocycles. The first-order chi connectivity index (χ1) is 10.8. The third-order valence-electron chi connectivity index (χ3n) is 2.95. The number of nitrogens with zero attached hydrogens (tertiary/aromatic N) is 2. The van der Waals surface area contributed by atoms with Crippen LogP contribution in [0.25, 0.3) is 10.6 Å². The first kappa shape index (κ1) is 14.2. The molecule has 0 saturated heterocycles. The number of carbonyl (C=O) groups excluding carboxylic acids is 1. The summed E-state index contributed by atoms with van der Waals surface area (Å²) in [6, 6.07) is 13.0. The summed E-state index contributed by atoms with van der Waals surface area (Å²) in [7, 11) is 1.57. The quantitative estimate of drug-likeness (QED) is 0.801. The van der Waals surface area contributed by atoms with Crippen molar-refractivity contribution in [3.8, 4) is 16.5 Å². The van der Waals surface area contributed by atoms with Crippen molar-refractivity contribution in [3.05, 3.63) is 59.7 Å². The van der Waals surface area contributed by atoms with Crippen molar-refractivity contribution in [2.75, 3.05) is 12.4 Å². The third kappa shape index (κ3) is 3.12. The van der Waals surface area contributed by atoms with Gasteiger partial charge in [-0.2, -0.15) is 0 Å². The molecule has 6 heteroatoms. The fraction of sp³-hybridized carbons (Fsp3) is 0.0625. The van der Waals surface area contributed by atoms with E-state index in [0.717, 1.165) is 16.3 Å². The van der Waals surface area contributed by atoms with Gasteiger partial charge in [0.2, 0.25) is 5.88 Å². The zero-order chi connectivity index (χ0) is 15.4. The van der Waals surface area contributed by atoms with Crippen LogP contribution in [0.15, 0.2) is 54.9 Å². The molecule has 0 aliphatic carbocycles. The maximum Gasteiger partial charge on any atom is 0.267 e. The average molecular weight is 311 g/mol. The van der Waals surface area contributed by atoms with Crippen molar-refractivity contribution in [3.63, 3.8) is 0 Å². The fourth-order valence-corrected chi connectivity index (χ4v) is 2.66. The number of benzene rings is 1. The van der Waals surface area contributed by atoms with E-state index in [1.165, 1.54) is 11.3 Å². The zero-order valence-electron chi connectivity index (χ0n) is 11.8. The summed E-state index contributed by atoms with van der Waals surface area (Å²) in [5, 5.41) is 3.58. The number of amides is 1. The van der Waals surface area contributed by atoms with Crippen molar-refractivity contribution < 1.29 is 9.53 Å². The maximum absolute atomic E-state index is 12.2. The lowest BCUT2D eigenvalue weighted by Crippen LogP contribution is -2.09. The Labute approximate surface area is 131 Å². The van der Waals surface area contributed by atoms with E-state index >= 15 is 0 Å². The Kier molecular flexibility index (Phi) is 4.11. The first-order valence-corrected chi connectivity index (χ1v) is 7.40. The van der Waals surface area contributed by atoms with Crippen LogP contribution in [0.2, 0.25) is 0 Å². The Morgan fingerprint density at radius 2 is 1.91 bits per heavy atom. The largest absolute Gasteiger partial charge is 0.481 e. The summed E-state index contributed by atoms with van der Waals surface area (Å²) >= 11 is 1.32. The van der Waals surface area contributed by atoms with Gasteiger partial charge in [0.15, 0.2) is 0 Å². The molecule has 22 heavy (non-hydrogen) atoms. The second kappa shape index (κ2) is 6.36. The molecule has 0 radical (unpaired) electrons. The van der Waals surface area contributed by atoms with Crippen molar-refractivity contribution >= 4 is 22.9 Å². The van der Waals surface area contributed by atoms with Gasteiger partial charge in [-0.15, -0.1) is 11.3 Å². The molecule has 0 unspecified atom stereocenters. The molecule has 5 nitrogen and oxygen atoms in total. The van der Waals surface area contributed by atoms with Crippen molar-refractivity contribution in [1.82, 2.24) is 9.97 Å². The molecule has 0 fully saturated rings. The predicted octanol–water partition coefficient (Wildman–Crippen LogP) is 3.47. The number of ether oxygens (including phenoxy) is 1. The van der Waals surface area contributed by atoms with Gasteiger partial charge in [-0.1, -0.05) is 18.2 Å². The monoisotopic (exact) mass is 311 g/mol. The molecule has 1 N–H and O–H groups in total. The number of thiazole rings is 1. The van der Waals surface area contributed by atoms with E-state index in [9.17, 15) is 4.79 Å². The number of hydrogen-bond donors (Lipinski definition) is 1. The van der Waals surface area contributed by atoms with Gasteiger partial charge in [-0.3, -0.25) is 4.79 Å². The van der Waals surface area contributed by atoms with E-state index in [2.05, 4.69) is 15.3 Å². The average Bonchev–Trinajstić information content (AvgIpc) is 3.06. The second-order valence-corrected chi connectivity index (χ2v) is 5.47. The van der Waals surface area contributed by atoms with Crippen molar-refractivity contribution in [2.24, 2.45) is 0 Å². The highest BCUT2D eigenvalue weighted by Crippen LogP contribution is 2.26. The molecule has 0 spiro atoms. The summed E-state index contributed by atoms with van der Waals surface area (Å²) in [6.07, 6.45) is 3.25. The van der Waals surface area contributed by atoms with Crippen LogP contribution in [-0.2, 0) is 0 Å². The minimum absolute atomic E-state index is 0.170. The summed E-state index contributed by atoms with van der Waals surface area (Å²) in [5.74, 6) is 0.374. The van der Waals surface area contributed by atoms with Gasteiger partial charge in [0.1, 0.15) is 9.88 Å².